The maximum atomic E-state index is 10.9. The smallest absolute Gasteiger partial charge is 0.120 e. The Labute approximate surface area is 163 Å². The highest BCUT2D eigenvalue weighted by Crippen LogP contribution is 2.38. The zero-order chi connectivity index (χ0) is 18.9. The third-order valence-electron chi connectivity index (χ3n) is 6.47. The highest BCUT2D eigenvalue weighted by atomic mass is 35.5. The second kappa shape index (κ2) is 7.69. The zero-order valence-corrected chi connectivity index (χ0v) is 17.5. The van der Waals surface area contributed by atoms with E-state index in [1.165, 1.54) is 25.7 Å². The molecular formula is C22H34ClNO2. The van der Waals surface area contributed by atoms with Crippen LogP contribution in [0.2, 0.25) is 5.02 Å². The molecule has 0 unspecified atom stereocenters. The molecule has 2 fully saturated rings. The fourth-order valence-corrected chi connectivity index (χ4v) is 4.52. The number of benzene rings is 1. The van der Waals surface area contributed by atoms with Gasteiger partial charge in [-0.15, -0.1) is 0 Å². The summed E-state index contributed by atoms with van der Waals surface area (Å²) in [5, 5.41) is 11.7. The monoisotopic (exact) mass is 379 g/mol. The van der Waals surface area contributed by atoms with Crippen LogP contribution in [-0.2, 0) is 0 Å². The Kier molecular flexibility index (Phi) is 5.91. The standard InChI is InChI=1S/C22H34ClNO2/c1-16-13-19(14-17(2)20(16)23)26-15-22(25)9-11-24(12-10-22)18-5-7-21(3,4)8-6-18/h13-14,18,25H,5-12,15H2,1-4H3. The molecule has 4 heteroatoms. The summed E-state index contributed by atoms with van der Waals surface area (Å²) in [6.45, 7) is 11.1. The van der Waals surface area contributed by atoms with E-state index in [1.54, 1.807) is 0 Å². The molecule has 3 nitrogen and oxygen atoms in total. The largest absolute Gasteiger partial charge is 0.491 e. The number of hydrogen-bond acceptors (Lipinski definition) is 3. The van der Waals surface area contributed by atoms with Gasteiger partial charge in [0.15, 0.2) is 0 Å². The molecule has 2 aliphatic rings. The number of nitrogens with zero attached hydrogens (tertiary/aromatic N) is 1. The van der Waals surface area contributed by atoms with Crippen molar-refractivity contribution in [2.24, 2.45) is 5.41 Å². The highest BCUT2D eigenvalue weighted by Gasteiger charge is 2.37. The van der Waals surface area contributed by atoms with Crippen LogP contribution in [0.25, 0.3) is 0 Å². The van der Waals surface area contributed by atoms with Gasteiger partial charge < -0.3 is 14.7 Å². The van der Waals surface area contributed by atoms with Gasteiger partial charge in [0.25, 0.3) is 0 Å². The molecule has 1 heterocycles. The van der Waals surface area contributed by atoms with Crippen LogP contribution in [0, 0.1) is 19.3 Å². The Morgan fingerprint density at radius 1 is 1.08 bits per heavy atom. The summed E-state index contributed by atoms with van der Waals surface area (Å²) in [6, 6.07) is 4.62. The van der Waals surface area contributed by atoms with Crippen LogP contribution in [0.15, 0.2) is 12.1 Å². The molecule has 1 saturated carbocycles. The number of hydrogen-bond donors (Lipinski definition) is 1. The summed E-state index contributed by atoms with van der Waals surface area (Å²) in [5.41, 5.74) is 1.83. The van der Waals surface area contributed by atoms with Crippen LogP contribution in [0.1, 0.15) is 63.5 Å². The molecule has 146 valence electrons. The first-order valence-corrected chi connectivity index (χ1v) is 10.4. The molecule has 0 bridgehead atoms. The van der Waals surface area contributed by atoms with Gasteiger partial charge in [0, 0.05) is 24.2 Å². The van der Waals surface area contributed by atoms with E-state index in [0.717, 1.165) is 47.8 Å². The molecular weight excluding hydrogens is 346 g/mol. The first-order chi connectivity index (χ1) is 12.2. The lowest BCUT2D eigenvalue weighted by atomic mass is 9.75. The number of aryl methyl sites for hydroxylation is 2. The van der Waals surface area contributed by atoms with Gasteiger partial charge in [0.1, 0.15) is 18.0 Å². The Hall–Kier alpha value is -0.770. The number of aliphatic hydroxyl groups is 1. The molecule has 26 heavy (non-hydrogen) atoms. The van der Waals surface area contributed by atoms with Crippen LogP contribution in [-0.4, -0.2) is 41.3 Å². The lowest BCUT2D eigenvalue weighted by Crippen LogP contribution is -2.51. The molecule has 0 spiro atoms. The van der Waals surface area contributed by atoms with E-state index in [1.807, 2.05) is 26.0 Å². The second-order valence-electron chi connectivity index (χ2n) is 9.32. The van der Waals surface area contributed by atoms with Crippen molar-refractivity contribution < 1.29 is 9.84 Å². The average molecular weight is 380 g/mol. The fraction of sp³-hybridized carbons (Fsp3) is 0.727. The minimum atomic E-state index is -0.716. The van der Waals surface area contributed by atoms with E-state index >= 15 is 0 Å². The van der Waals surface area contributed by atoms with Crippen molar-refractivity contribution in [3.8, 4) is 5.75 Å². The van der Waals surface area contributed by atoms with Gasteiger partial charge in [-0.3, -0.25) is 0 Å². The van der Waals surface area contributed by atoms with Crippen LogP contribution in [0.4, 0.5) is 0 Å². The van der Waals surface area contributed by atoms with Gasteiger partial charge in [0.05, 0.1) is 0 Å². The molecule has 1 N–H and O–H groups in total. The van der Waals surface area contributed by atoms with E-state index < -0.39 is 5.60 Å². The molecule has 0 atom stereocenters. The summed E-state index contributed by atoms with van der Waals surface area (Å²) in [7, 11) is 0. The van der Waals surface area contributed by atoms with Crippen molar-refractivity contribution in [2.75, 3.05) is 19.7 Å². The number of halogens is 1. The summed E-state index contributed by atoms with van der Waals surface area (Å²) in [6.07, 6.45) is 6.81. The van der Waals surface area contributed by atoms with Crippen molar-refractivity contribution in [1.82, 2.24) is 4.90 Å². The van der Waals surface area contributed by atoms with E-state index in [-0.39, 0.29) is 0 Å². The number of rotatable bonds is 4. The third kappa shape index (κ3) is 4.74. The Bertz CT molecular complexity index is 602. The molecule has 3 rings (SSSR count). The van der Waals surface area contributed by atoms with Crippen LogP contribution < -0.4 is 4.74 Å². The molecule has 0 aromatic heterocycles. The van der Waals surface area contributed by atoms with Gasteiger partial charge in [-0.25, -0.2) is 0 Å². The maximum Gasteiger partial charge on any atom is 0.120 e. The first kappa shape index (κ1) is 20.0. The van der Waals surface area contributed by atoms with Crippen molar-refractivity contribution >= 4 is 11.6 Å². The lowest BCUT2D eigenvalue weighted by Gasteiger charge is -2.45. The summed E-state index contributed by atoms with van der Waals surface area (Å²) >= 11 is 6.22. The molecule has 0 radical (unpaired) electrons. The topological polar surface area (TPSA) is 32.7 Å². The normalized spacial score (nSPS) is 23.8. The minimum Gasteiger partial charge on any atom is -0.491 e. The van der Waals surface area contributed by atoms with Crippen molar-refractivity contribution in [3.63, 3.8) is 0 Å². The molecule has 1 aliphatic heterocycles. The van der Waals surface area contributed by atoms with Gasteiger partial charge in [-0.05, 0) is 81.0 Å². The summed E-state index contributed by atoms with van der Waals surface area (Å²) in [5.74, 6) is 0.801. The fourth-order valence-electron chi connectivity index (χ4n) is 4.41. The highest BCUT2D eigenvalue weighted by molar-refractivity contribution is 6.32. The van der Waals surface area contributed by atoms with Crippen molar-refractivity contribution in [3.05, 3.63) is 28.3 Å². The van der Waals surface area contributed by atoms with E-state index in [0.29, 0.717) is 18.1 Å². The SMILES string of the molecule is Cc1cc(OCC2(O)CCN(C3CCC(C)(C)CC3)CC2)cc(C)c1Cl. The average Bonchev–Trinajstić information content (AvgIpc) is 2.59. The van der Waals surface area contributed by atoms with Gasteiger partial charge >= 0.3 is 0 Å². The van der Waals surface area contributed by atoms with E-state index in [9.17, 15) is 5.11 Å². The second-order valence-corrected chi connectivity index (χ2v) is 9.69. The minimum absolute atomic E-state index is 0.360. The number of likely N-dealkylation sites (tertiary alicyclic amines) is 1. The lowest BCUT2D eigenvalue weighted by molar-refractivity contribution is -0.0641. The Morgan fingerprint density at radius 2 is 1.62 bits per heavy atom. The van der Waals surface area contributed by atoms with Crippen LogP contribution in [0.3, 0.4) is 0 Å². The molecule has 1 aliphatic carbocycles. The first-order valence-electron chi connectivity index (χ1n) is 10.0. The molecule has 1 saturated heterocycles. The molecule has 0 amide bonds. The third-order valence-corrected chi connectivity index (χ3v) is 7.07. The number of ether oxygens (including phenoxy) is 1. The van der Waals surface area contributed by atoms with Crippen molar-refractivity contribution in [2.45, 2.75) is 77.9 Å². The predicted octanol–water partition coefficient (Wildman–Crippen LogP) is 5.13. The summed E-state index contributed by atoms with van der Waals surface area (Å²) < 4.78 is 5.95. The quantitative estimate of drug-likeness (QED) is 0.786. The van der Waals surface area contributed by atoms with Crippen LogP contribution in [0.5, 0.6) is 5.75 Å². The number of piperidine rings is 1. The molecule has 1 aromatic carbocycles. The van der Waals surface area contributed by atoms with Gasteiger partial charge in [0.2, 0.25) is 0 Å². The Morgan fingerprint density at radius 3 is 2.15 bits per heavy atom. The zero-order valence-electron chi connectivity index (χ0n) is 16.8. The molecule has 1 aromatic rings. The van der Waals surface area contributed by atoms with Crippen molar-refractivity contribution in [1.29, 1.82) is 0 Å². The maximum absolute atomic E-state index is 10.9. The van der Waals surface area contributed by atoms with Crippen LogP contribution >= 0.6 is 11.6 Å². The van der Waals surface area contributed by atoms with Gasteiger partial charge in [-0.1, -0.05) is 25.4 Å². The van der Waals surface area contributed by atoms with Gasteiger partial charge in [-0.2, -0.15) is 0 Å². The Balaban J connectivity index is 1.50. The van der Waals surface area contributed by atoms with E-state index in [4.69, 9.17) is 16.3 Å². The summed E-state index contributed by atoms with van der Waals surface area (Å²) in [4.78, 5) is 2.60. The predicted molar refractivity (Wildman–Crippen MR) is 108 cm³/mol. The van der Waals surface area contributed by atoms with E-state index in [2.05, 4.69) is 18.7 Å².